The summed E-state index contributed by atoms with van der Waals surface area (Å²) in [5.41, 5.74) is 5.50. The first-order valence-electron chi connectivity index (χ1n) is 27.5. The zero-order valence-electron chi connectivity index (χ0n) is 46.8. The van der Waals surface area contributed by atoms with Crippen molar-refractivity contribution in [3.8, 4) is 0 Å². The highest BCUT2D eigenvalue weighted by Gasteiger charge is 2.38. The number of amides is 8. The lowest BCUT2D eigenvalue weighted by Crippen LogP contribution is -2.61. The number of carbonyl (C=O) groups excluding carboxylic acids is 9. The third kappa shape index (κ3) is 26.3. The zero-order chi connectivity index (χ0) is 56.2. The van der Waals surface area contributed by atoms with Crippen LogP contribution in [0.3, 0.4) is 0 Å². The summed E-state index contributed by atoms with van der Waals surface area (Å²) < 4.78 is 6.09. The second-order valence-corrected chi connectivity index (χ2v) is 22.1. The molecule has 0 aromatic carbocycles. The zero-order valence-corrected chi connectivity index (χ0v) is 46.8. The van der Waals surface area contributed by atoms with Crippen LogP contribution in [0.4, 0.5) is 0 Å². The Bertz CT molecular complexity index is 1830. The van der Waals surface area contributed by atoms with E-state index >= 15 is 0 Å². The molecule has 0 aliphatic carbocycles. The minimum atomic E-state index is -1.72. The summed E-state index contributed by atoms with van der Waals surface area (Å²) in [7, 11) is 0. The van der Waals surface area contributed by atoms with E-state index in [2.05, 4.69) is 51.1 Å². The highest BCUT2D eigenvalue weighted by Crippen LogP contribution is 2.20. The standard InChI is InChI=1S/C54H96N8O12/c1-13-34(10)22-20-18-16-17-19-21-23-37-29-44(64)56-38(24-25-43(55)63)48(67)57-39(26-31(4)5)49(68)58-40(27-32(6)7)51(70)61-46(35(11)14-2)53(72)60-42(30-45(65)66)50(69)59-41(28-33(8)9)52(71)62-47(36(12)15-3)54(73)74-37/h31-42,46-47H,13-30H2,1-12H3,(H2,55,63)(H,56,64)(H,57,67)(H,58,68)(H,59,69)(H,60,72)(H,61,70)(H,62,71)(H,65,66)/t34-,35+,36-,37-,38+,39+,40+,41-,42-,46-,47+/m1/s1. The molecule has 8 amide bonds. The average Bonchev–Trinajstić information content (AvgIpc) is 3.31. The van der Waals surface area contributed by atoms with Crippen LogP contribution in [0.25, 0.3) is 0 Å². The number of carboxylic acids is 1. The number of rotatable bonds is 25. The van der Waals surface area contributed by atoms with Gasteiger partial charge in [0.15, 0.2) is 0 Å². The monoisotopic (exact) mass is 1050 g/mol. The summed E-state index contributed by atoms with van der Waals surface area (Å²) in [5.74, 6) is -9.64. The van der Waals surface area contributed by atoms with Gasteiger partial charge in [-0.3, -0.25) is 43.2 Å². The fourth-order valence-electron chi connectivity index (χ4n) is 8.68. The Balaban J connectivity index is 4.01. The normalized spacial score (nSPS) is 25.0. The molecule has 20 heteroatoms. The summed E-state index contributed by atoms with van der Waals surface area (Å²) in [6.45, 7) is 22.3. The Morgan fingerprint density at radius 2 is 0.946 bits per heavy atom. The molecule has 10 N–H and O–H groups in total. The van der Waals surface area contributed by atoms with Crippen LogP contribution in [-0.2, 0) is 52.7 Å². The Morgan fingerprint density at radius 1 is 0.527 bits per heavy atom. The Hall–Kier alpha value is -5.30. The van der Waals surface area contributed by atoms with Crippen molar-refractivity contribution in [3.05, 3.63) is 0 Å². The van der Waals surface area contributed by atoms with Crippen molar-refractivity contribution >= 4 is 59.2 Å². The van der Waals surface area contributed by atoms with E-state index in [0.717, 1.165) is 44.9 Å². The van der Waals surface area contributed by atoms with Gasteiger partial charge in [-0.05, 0) is 74.0 Å². The molecule has 0 unspecified atom stereocenters. The van der Waals surface area contributed by atoms with Gasteiger partial charge in [0, 0.05) is 6.42 Å². The summed E-state index contributed by atoms with van der Waals surface area (Å²) in [6, 6.07) is -9.48. The lowest BCUT2D eigenvalue weighted by atomic mass is 9.95. The summed E-state index contributed by atoms with van der Waals surface area (Å²) in [6.07, 6.45) is 6.18. The molecule has 424 valence electrons. The molecule has 74 heavy (non-hydrogen) atoms. The average molecular weight is 1050 g/mol. The van der Waals surface area contributed by atoms with Crippen molar-refractivity contribution in [3.63, 3.8) is 0 Å². The number of ether oxygens (including phenoxy) is 1. The second-order valence-electron chi connectivity index (χ2n) is 22.1. The number of nitrogens with two attached hydrogens (primary N) is 1. The largest absolute Gasteiger partial charge is 0.481 e. The van der Waals surface area contributed by atoms with Crippen LogP contribution in [0.5, 0.6) is 0 Å². The molecule has 1 aliphatic rings. The molecule has 0 aromatic heterocycles. The number of hydrogen-bond donors (Lipinski definition) is 9. The molecule has 1 heterocycles. The minimum Gasteiger partial charge on any atom is -0.481 e. The number of nitrogens with one attached hydrogen (secondary N) is 7. The third-order valence-electron chi connectivity index (χ3n) is 13.8. The SMILES string of the molecule is CC[C@@H](C)CCCCCCCC[C@@H]1CC(=O)N[C@@H](CCC(N)=O)C(=O)N[C@@H](CC(C)C)C(=O)N[C@@H](CC(C)C)C(=O)N[C@H]([C@@H](C)CC)C(=O)N[C@H](CC(=O)O)C(=O)N[C@H](CC(C)C)C(=O)N[C@@H]([C@H](C)CC)C(=O)O1. The van der Waals surface area contributed by atoms with Gasteiger partial charge in [-0.1, -0.05) is 141 Å². The van der Waals surface area contributed by atoms with Gasteiger partial charge in [-0.15, -0.1) is 0 Å². The van der Waals surface area contributed by atoms with Crippen molar-refractivity contribution in [2.75, 3.05) is 0 Å². The first-order valence-corrected chi connectivity index (χ1v) is 27.5. The Labute approximate surface area is 441 Å². The van der Waals surface area contributed by atoms with E-state index in [1.54, 1.807) is 34.6 Å². The van der Waals surface area contributed by atoms with Crippen LogP contribution >= 0.6 is 0 Å². The van der Waals surface area contributed by atoms with E-state index in [0.29, 0.717) is 25.2 Å². The number of cyclic esters (lactones) is 1. The first kappa shape index (κ1) is 66.7. The molecule has 0 saturated carbocycles. The predicted molar refractivity (Wildman–Crippen MR) is 282 cm³/mol. The molecule has 11 atom stereocenters. The Kier molecular flexibility index (Phi) is 31.6. The van der Waals surface area contributed by atoms with Gasteiger partial charge in [0.25, 0.3) is 0 Å². The molecular formula is C54H96N8O12. The van der Waals surface area contributed by atoms with Gasteiger partial charge in [0.05, 0.1) is 12.8 Å². The smallest absolute Gasteiger partial charge is 0.329 e. The Morgan fingerprint density at radius 3 is 1.41 bits per heavy atom. The van der Waals surface area contributed by atoms with Gasteiger partial charge in [-0.25, -0.2) is 4.79 Å². The highest BCUT2D eigenvalue weighted by atomic mass is 16.5. The number of hydrogen-bond acceptors (Lipinski definition) is 11. The van der Waals surface area contributed by atoms with Crippen LogP contribution in [0, 0.1) is 35.5 Å². The first-order chi connectivity index (χ1) is 34.7. The quantitative estimate of drug-likeness (QED) is 0.0439. The molecular weight excluding hydrogens is 953 g/mol. The predicted octanol–water partition coefficient (Wildman–Crippen LogP) is 4.83. The van der Waals surface area contributed by atoms with Crippen LogP contribution in [0.2, 0.25) is 0 Å². The number of esters is 1. The minimum absolute atomic E-state index is 0.0467. The summed E-state index contributed by atoms with van der Waals surface area (Å²) in [4.78, 5) is 138. The topological polar surface area (TPSA) is 310 Å². The maximum Gasteiger partial charge on any atom is 0.329 e. The van der Waals surface area contributed by atoms with Crippen molar-refractivity contribution in [1.82, 2.24) is 37.2 Å². The molecule has 1 fully saturated rings. The lowest BCUT2D eigenvalue weighted by molar-refractivity contribution is -0.156. The van der Waals surface area contributed by atoms with E-state index in [1.807, 2.05) is 34.6 Å². The number of aliphatic carboxylic acids is 1. The van der Waals surface area contributed by atoms with E-state index in [9.17, 15) is 53.1 Å². The van der Waals surface area contributed by atoms with Gasteiger partial charge < -0.3 is 52.8 Å². The van der Waals surface area contributed by atoms with Crippen molar-refractivity contribution in [2.45, 2.75) is 247 Å². The van der Waals surface area contributed by atoms with Crippen molar-refractivity contribution in [2.24, 2.45) is 41.2 Å². The van der Waals surface area contributed by atoms with Crippen LogP contribution in [-0.4, -0.2) is 113 Å². The van der Waals surface area contributed by atoms with Crippen molar-refractivity contribution < 1.29 is 57.8 Å². The van der Waals surface area contributed by atoms with E-state index in [-0.39, 0.29) is 56.3 Å². The van der Waals surface area contributed by atoms with Gasteiger partial charge in [0.1, 0.15) is 48.4 Å². The molecule has 0 aromatic rings. The molecule has 1 rings (SSSR count). The fourth-order valence-corrected chi connectivity index (χ4v) is 8.68. The van der Waals surface area contributed by atoms with E-state index in [1.165, 1.54) is 0 Å². The van der Waals surface area contributed by atoms with E-state index in [4.69, 9.17) is 10.5 Å². The van der Waals surface area contributed by atoms with Crippen molar-refractivity contribution in [1.29, 1.82) is 0 Å². The molecule has 1 saturated heterocycles. The molecule has 20 nitrogen and oxygen atoms in total. The second kappa shape index (κ2) is 35.0. The summed E-state index contributed by atoms with van der Waals surface area (Å²) >= 11 is 0. The molecule has 0 bridgehead atoms. The van der Waals surface area contributed by atoms with Gasteiger partial charge >= 0.3 is 11.9 Å². The summed E-state index contributed by atoms with van der Waals surface area (Å²) in [5, 5.41) is 28.6. The number of unbranched alkanes of at least 4 members (excludes halogenated alkanes) is 5. The maximum absolute atomic E-state index is 14.3. The molecule has 0 spiro atoms. The highest BCUT2D eigenvalue weighted by molar-refractivity contribution is 5.98. The fraction of sp³-hybridized carbons (Fsp3) is 0.815. The van der Waals surface area contributed by atoms with Gasteiger partial charge in [-0.2, -0.15) is 0 Å². The number of carboxylic acid groups (broad SMARTS) is 1. The van der Waals surface area contributed by atoms with E-state index < -0.39 is 132 Å². The third-order valence-corrected chi connectivity index (χ3v) is 13.8. The van der Waals surface area contributed by atoms with Crippen LogP contribution < -0.4 is 43.0 Å². The number of primary amides is 1. The van der Waals surface area contributed by atoms with Crippen LogP contribution in [0.1, 0.15) is 199 Å². The molecule has 0 radical (unpaired) electrons. The molecule has 1 aliphatic heterocycles. The number of carbonyl (C=O) groups is 10. The van der Waals surface area contributed by atoms with Crippen LogP contribution in [0.15, 0.2) is 0 Å². The van der Waals surface area contributed by atoms with Gasteiger partial charge in [0.2, 0.25) is 47.3 Å². The lowest BCUT2D eigenvalue weighted by Gasteiger charge is -2.30. The maximum atomic E-state index is 14.3.